The van der Waals surface area contributed by atoms with E-state index in [0.29, 0.717) is 11.3 Å². The van der Waals surface area contributed by atoms with E-state index >= 15 is 0 Å². The molecule has 0 aliphatic rings. The van der Waals surface area contributed by atoms with Gasteiger partial charge in [0.05, 0.1) is 11.7 Å². The van der Waals surface area contributed by atoms with E-state index in [1.807, 2.05) is 30.5 Å². The molecule has 0 spiro atoms. The quantitative estimate of drug-likeness (QED) is 0.929. The summed E-state index contributed by atoms with van der Waals surface area (Å²) in [6, 6.07) is 5.59. The first-order valence-corrected chi connectivity index (χ1v) is 7.63. The number of hydrogen-bond donors (Lipinski definition) is 1. The highest BCUT2D eigenvalue weighted by molar-refractivity contribution is 7.10. The maximum Gasteiger partial charge on any atom is 0.285 e. The number of aromatic nitrogens is 2. The van der Waals surface area contributed by atoms with E-state index in [1.165, 1.54) is 0 Å². The van der Waals surface area contributed by atoms with E-state index in [0.717, 1.165) is 9.56 Å². The normalized spacial score (nSPS) is 11.7. The SMILES string of the molecule is Cc1nn(CC(=O)NC(C)c2cccs2)c(=O)c(C#N)c1C. The molecule has 0 aliphatic carbocycles. The summed E-state index contributed by atoms with van der Waals surface area (Å²) in [6.45, 7) is 5.05. The Morgan fingerprint density at radius 1 is 1.55 bits per heavy atom. The first kappa shape index (κ1) is 15.9. The molecule has 1 unspecified atom stereocenters. The molecule has 0 saturated heterocycles. The number of nitriles is 1. The summed E-state index contributed by atoms with van der Waals surface area (Å²) < 4.78 is 1.04. The molecule has 22 heavy (non-hydrogen) atoms. The van der Waals surface area contributed by atoms with Crippen LogP contribution in [0.1, 0.15) is 34.7 Å². The fourth-order valence-corrected chi connectivity index (χ4v) is 2.78. The average Bonchev–Trinajstić information content (AvgIpc) is 2.99. The minimum Gasteiger partial charge on any atom is -0.347 e. The van der Waals surface area contributed by atoms with Crippen LogP contribution < -0.4 is 10.9 Å². The summed E-state index contributed by atoms with van der Waals surface area (Å²) in [4.78, 5) is 25.2. The molecule has 0 radical (unpaired) electrons. The summed E-state index contributed by atoms with van der Waals surface area (Å²) in [5, 5.41) is 17.9. The van der Waals surface area contributed by atoms with Gasteiger partial charge in [0.15, 0.2) is 0 Å². The van der Waals surface area contributed by atoms with Crippen LogP contribution in [0.2, 0.25) is 0 Å². The summed E-state index contributed by atoms with van der Waals surface area (Å²) in [5.74, 6) is -0.317. The fraction of sp³-hybridized carbons (Fsp3) is 0.333. The Labute approximate surface area is 132 Å². The second-order valence-electron chi connectivity index (χ2n) is 4.96. The van der Waals surface area contributed by atoms with E-state index in [1.54, 1.807) is 25.2 Å². The lowest BCUT2D eigenvalue weighted by atomic mass is 10.1. The molecule has 0 fully saturated rings. The van der Waals surface area contributed by atoms with Gasteiger partial charge < -0.3 is 5.32 Å². The lowest BCUT2D eigenvalue weighted by Crippen LogP contribution is -2.36. The van der Waals surface area contributed by atoms with Crippen LogP contribution in [0.3, 0.4) is 0 Å². The van der Waals surface area contributed by atoms with Gasteiger partial charge in [-0.2, -0.15) is 10.4 Å². The minimum absolute atomic E-state index is 0.0339. The molecule has 1 atom stereocenters. The van der Waals surface area contributed by atoms with Gasteiger partial charge in [0, 0.05) is 4.88 Å². The smallest absolute Gasteiger partial charge is 0.285 e. The Bertz CT molecular complexity index is 787. The van der Waals surface area contributed by atoms with Crippen molar-refractivity contribution in [3.05, 3.63) is 49.6 Å². The minimum atomic E-state index is -0.537. The summed E-state index contributed by atoms with van der Waals surface area (Å²) in [6.07, 6.45) is 0. The van der Waals surface area contributed by atoms with Crippen LogP contribution in [0.25, 0.3) is 0 Å². The predicted molar refractivity (Wildman–Crippen MR) is 83.6 cm³/mol. The van der Waals surface area contributed by atoms with Gasteiger partial charge in [-0.05, 0) is 37.8 Å². The van der Waals surface area contributed by atoms with Crippen molar-refractivity contribution in [2.75, 3.05) is 0 Å². The molecule has 1 amide bonds. The number of carbonyl (C=O) groups is 1. The second-order valence-corrected chi connectivity index (χ2v) is 5.94. The fourth-order valence-electron chi connectivity index (χ4n) is 2.04. The van der Waals surface area contributed by atoms with Gasteiger partial charge in [0.1, 0.15) is 18.2 Å². The molecule has 0 aliphatic heterocycles. The van der Waals surface area contributed by atoms with Gasteiger partial charge in [-0.25, -0.2) is 4.68 Å². The van der Waals surface area contributed by atoms with Crippen molar-refractivity contribution in [3.63, 3.8) is 0 Å². The van der Waals surface area contributed by atoms with E-state index in [-0.39, 0.29) is 24.1 Å². The zero-order valence-electron chi connectivity index (χ0n) is 12.6. The van der Waals surface area contributed by atoms with Gasteiger partial charge in [0.2, 0.25) is 5.91 Å². The standard InChI is InChI=1S/C15H16N4O2S/c1-9-10(2)18-19(15(21)12(9)7-16)8-14(20)17-11(3)13-5-4-6-22-13/h4-6,11H,8H2,1-3H3,(H,17,20). The number of hydrogen-bond acceptors (Lipinski definition) is 5. The average molecular weight is 316 g/mol. The molecule has 0 aromatic carbocycles. The first-order valence-electron chi connectivity index (χ1n) is 6.75. The molecule has 6 nitrogen and oxygen atoms in total. The van der Waals surface area contributed by atoms with Gasteiger partial charge in [-0.3, -0.25) is 9.59 Å². The molecule has 114 valence electrons. The topological polar surface area (TPSA) is 87.8 Å². The van der Waals surface area contributed by atoms with E-state index in [2.05, 4.69) is 10.4 Å². The van der Waals surface area contributed by atoms with Crippen molar-refractivity contribution in [2.24, 2.45) is 0 Å². The van der Waals surface area contributed by atoms with Crippen LogP contribution in [0.15, 0.2) is 22.3 Å². The second kappa shape index (κ2) is 6.54. The number of rotatable bonds is 4. The molecule has 2 aromatic heterocycles. The van der Waals surface area contributed by atoms with Gasteiger partial charge in [0.25, 0.3) is 5.56 Å². The van der Waals surface area contributed by atoms with E-state index in [9.17, 15) is 9.59 Å². The largest absolute Gasteiger partial charge is 0.347 e. The molecule has 0 bridgehead atoms. The Kier molecular flexibility index (Phi) is 4.73. The number of thiophene rings is 1. The van der Waals surface area contributed by atoms with Gasteiger partial charge in [-0.1, -0.05) is 6.07 Å². The van der Waals surface area contributed by atoms with E-state index < -0.39 is 5.56 Å². The molecule has 2 rings (SSSR count). The van der Waals surface area contributed by atoms with E-state index in [4.69, 9.17) is 5.26 Å². The van der Waals surface area contributed by atoms with Crippen molar-refractivity contribution in [3.8, 4) is 6.07 Å². The lowest BCUT2D eigenvalue weighted by molar-refractivity contribution is -0.122. The van der Waals surface area contributed by atoms with Crippen LogP contribution in [0, 0.1) is 25.2 Å². The molecule has 7 heteroatoms. The number of aryl methyl sites for hydroxylation is 1. The van der Waals surface area contributed by atoms with Crippen LogP contribution >= 0.6 is 11.3 Å². The highest BCUT2D eigenvalue weighted by Gasteiger charge is 2.15. The number of nitrogens with one attached hydrogen (secondary N) is 1. The zero-order chi connectivity index (χ0) is 16.3. The number of amides is 1. The van der Waals surface area contributed by atoms with Crippen molar-refractivity contribution < 1.29 is 4.79 Å². The molecule has 0 saturated carbocycles. The van der Waals surface area contributed by atoms with Crippen molar-refractivity contribution in [1.29, 1.82) is 5.26 Å². The summed E-state index contributed by atoms with van der Waals surface area (Å²) in [5.41, 5.74) is 0.613. The van der Waals surface area contributed by atoms with Gasteiger partial charge >= 0.3 is 0 Å². The molecule has 1 N–H and O–H groups in total. The Balaban J connectivity index is 2.18. The lowest BCUT2D eigenvalue weighted by Gasteiger charge is -2.13. The molecule has 2 aromatic rings. The number of carbonyl (C=O) groups excluding carboxylic acids is 1. The Morgan fingerprint density at radius 2 is 2.27 bits per heavy atom. The third kappa shape index (κ3) is 3.23. The number of nitrogens with zero attached hydrogens (tertiary/aromatic N) is 3. The third-order valence-corrected chi connectivity index (χ3v) is 4.44. The molecule has 2 heterocycles. The van der Waals surface area contributed by atoms with Gasteiger partial charge in [-0.15, -0.1) is 11.3 Å². The maximum absolute atomic E-state index is 12.1. The van der Waals surface area contributed by atoms with Crippen LogP contribution in [-0.2, 0) is 11.3 Å². The summed E-state index contributed by atoms with van der Waals surface area (Å²) >= 11 is 1.55. The first-order chi connectivity index (χ1) is 10.4. The van der Waals surface area contributed by atoms with Crippen molar-refractivity contribution >= 4 is 17.2 Å². The Hall–Kier alpha value is -2.46. The van der Waals surface area contributed by atoms with Crippen LogP contribution in [-0.4, -0.2) is 15.7 Å². The highest BCUT2D eigenvalue weighted by atomic mass is 32.1. The predicted octanol–water partition coefficient (Wildman–Crippen LogP) is 1.67. The van der Waals surface area contributed by atoms with Crippen molar-refractivity contribution in [1.82, 2.24) is 15.1 Å². The maximum atomic E-state index is 12.1. The third-order valence-electron chi connectivity index (χ3n) is 3.39. The monoisotopic (exact) mass is 316 g/mol. The van der Waals surface area contributed by atoms with Crippen molar-refractivity contribution in [2.45, 2.75) is 33.4 Å². The summed E-state index contributed by atoms with van der Waals surface area (Å²) in [7, 11) is 0. The highest BCUT2D eigenvalue weighted by Crippen LogP contribution is 2.17. The zero-order valence-corrected chi connectivity index (χ0v) is 13.4. The van der Waals surface area contributed by atoms with Crippen LogP contribution in [0.4, 0.5) is 0 Å². The molecular weight excluding hydrogens is 300 g/mol. The van der Waals surface area contributed by atoms with Crippen LogP contribution in [0.5, 0.6) is 0 Å². The Morgan fingerprint density at radius 3 is 2.86 bits per heavy atom. The molecular formula is C15H16N4O2S.